The largest absolute Gasteiger partial charge is 0.315 e. The molecule has 0 bridgehead atoms. The number of ketones is 2. The Morgan fingerprint density at radius 2 is 1.54 bits per heavy atom. The fraction of sp³-hybridized carbons (Fsp3) is 0.250. The van der Waals surface area contributed by atoms with Crippen molar-refractivity contribution in [3.63, 3.8) is 0 Å². The second kappa shape index (κ2) is 6.40. The summed E-state index contributed by atoms with van der Waals surface area (Å²) in [7, 11) is 1.66. The van der Waals surface area contributed by atoms with Gasteiger partial charge in [-0.25, -0.2) is 0 Å². The van der Waals surface area contributed by atoms with E-state index >= 15 is 0 Å². The third kappa shape index (κ3) is 2.54. The Balaban J connectivity index is 2.09. The lowest BCUT2D eigenvalue weighted by molar-refractivity contribution is -0.118. The summed E-state index contributed by atoms with van der Waals surface area (Å²) in [6, 6.07) is 11.9. The number of nitrogens with zero attached hydrogens (tertiary/aromatic N) is 1. The summed E-state index contributed by atoms with van der Waals surface area (Å²) in [6.45, 7) is 2.02. The van der Waals surface area contributed by atoms with Crippen molar-refractivity contribution >= 4 is 23.2 Å². The van der Waals surface area contributed by atoms with Gasteiger partial charge in [-0.05, 0) is 12.5 Å². The zero-order valence-corrected chi connectivity index (χ0v) is 13.8. The van der Waals surface area contributed by atoms with Crippen molar-refractivity contribution in [3.8, 4) is 0 Å². The van der Waals surface area contributed by atoms with E-state index in [2.05, 4.69) is 0 Å². The van der Waals surface area contributed by atoms with E-state index in [1.165, 1.54) is 4.90 Å². The second-order valence-corrected chi connectivity index (χ2v) is 5.96. The Morgan fingerprint density at radius 3 is 2.21 bits per heavy atom. The molecule has 0 saturated carbocycles. The Morgan fingerprint density at radius 1 is 0.917 bits per heavy atom. The first-order chi connectivity index (χ1) is 11.6. The Hall–Kier alpha value is -2.75. The molecule has 0 heterocycles. The summed E-state index contributed by atoms with van der Waals surface area (Å²) in [6.07, 6.45) is 2.15. The highest BCUT2D eigenvalue weighted by Gasteiger charge is 2.32. The van der Waals surface area contributed by atoms with Crippen LogP contribution in [0.5, 0.6) is 0 Å². The van der Waals surface area contributed by atoms with Crippen LogP contribution in [0.1, 0.15) is 58.0 Å². The normalized spacial score (nSPS) is 12.6. The molecule has 2 aromatic carbocycles. The third-order valence-corrected chi connectivity index (χ3v) is 4.41. The lowest BCUT2D eigenvalue weighted by Gasteiger charge is -2.25. The molecule has 0 atom stereocenters. The molecule has 0 fully saturated rings. The predicted molar refractivity (Wildman–Crippen MR) is 92.7 cm³/mol. The number of unbranched alkanes of at least 4 members (excludes halogenated alkanes) is 1. The first-order valence-corrected chi connectivity index (χ1v) is 8.14. The van der Waals surface area contributed by atoms with Gasteiger partial charge in [0, 0.05) is 30.2 Å². The molecular weight excluding hydrogens is 302 g/mol. The van der Waals surface area contributed by atoms with E-state index in [0.29, 0.717) is 34.4 Å². The first kappa shape index (κ1) is 16.1. The van der Waals surface area contributed by atoms with Gasteiger partial charge in [-0.1, -0.05) is 49.7 Å². The highest BCUT2D eigenvalue weighted by atomic mass is 16.2. The zero-order chi connectivity index (χ0) is 17.3. The van der Waals surface area contributed by atoms with E-state index in [-0.39, 0.29) is 17.5 Å². The zero-order valence-electron chi connectivity index (χ0n) is 13.8. The van der Waals surface area contributed by atoms with Crippen molar-refractivity contribution in [2.75, 3.05) is 11.9 Å². The summed E-state index contributed by atoms with van der Waals surface area (Å²) in [4.78, 5) is 39.5. The molecule has 0 spiro atoms. The van der Waals surface area contributed by atoms with Crippen LogP contribution in [0.2, 0.25) is 0 Å². The van der Waals surface area contributed by atoms with E-state index in [1.807, 2.05) is 6.92 Å². The molecule has 0 N–H and O–H groups in total. The molecule has 1 aliphatic rings. The number of rotatable bonds is 4. The summed E-state index contributed by atoms with van der Waals surface area (Å²) in [5, 5.41) is 0. The second-order valence-electron chi connectivity index (χ2n) is 5.96. The smallest absolute Gasteiger partial charge is 0.226 e. The fourth-order valence-corrected chi connectivity index (χ4v) is 3.04. The molecule has 122 valence electrons. The van der Waals surface area contributed by atoms with Crippen LogP contribution >= 0.6 is 0 Å². The van der Waals surface area contributed by atoms with Gasteiger partial charge in [0.15, 0.2) is 11.6 Å². The molecule has 1 aliphatic carbocycles. The minimum absolute atomic E-state index is 0.0515. The summed E-state index contributed by atoms with van der Waals surface area (Å²) in [5.41, 5.74) is 2.02. The fourth-order valence-electron chi connectivity index (χ4n) is 3.04. The number of hydrogen-bond donors (Lipinski definition) is 0. The third-order valence-electron chi connectivity index (χ3n) is 4.41. The van der Waals surface area contributed by atoms with Gasteiger partial charge in [0.25, 0.3) is 0 Å². The van der Waals surface area contributed by atoms with Crippen molar-refractivity contribution in [2.45, 2.75) is 26.2 Å². The highest BCUT2D eigenvalue weighted by molar-refractivity contribution is 6.30. The van der Waals surface area contributed by atoms with Gasteiger partial charge in [0.2, 0.25) is 5.91 Å². The van der Waals surface area contributed by atoms with Gasteiger partial charge >= 0.3 is 0 Å². The minimum atomic E-state index is -0.203. The molecule has 24 heavy (non-hydrogen) atoms. The van der Waals surface area contributed by atoms with E-state index in [9.17, 15) is 14.4 Å². The monoisotopic (exact) mass is 321 g/mol. The average Bonchev–Trinajstić information content (AvgIpc) is 2.62. The summed E-state index contributed by atoms with van der Waals surface area (Å²) in [5.74, 6) is -0.424. The first-order valence-electron chi connectivity index (χ1n) is 8.14. The quantitative estimate of drug-likeness (QED) is 0.737. The van der Waals surface area contributed by atoms with Gasteiger partial charge in [-0.15, -0.1) is 0 Å². The van der Waals surface area contributed by atoms with E-state index < -0.39 is 0 Å². The van der Waals surface area contributed by atoms with Crippen LogP contribution in [-0.2, 0) is 4.79 Å². The molecule has 3 rings (SSSR count). The number of amides is 1. The minimum Gasteiger partial charge on any atom is -0.315 e. The topological polar surface area (TPSA) is 54.5 Å². The Kier molecular flexibility index (Phi) is 4.30. The van der Waals surface area contributed by atoms with Crippen LogP contribution < -0.4 is 4.90 Å². The van der Waals surface area contributed by atoms with Gasteiger partial charge in [-0.2, -0.15) is 0 Å². The van der Waals surface area contributed by atoms with Gasteiger partial charge < -0.3 is 4.90 Å². The van der Waals surface area contributed by atoms with Crippen molar-refractivity contribution in [1.82, 2.24) is 0 Å². The highest BCUT2D eigenvalue weighted by Crippen LogP contribution is 2.33. The van der Waals surface area contributed by atoms with Crippen molar-refractivity contribution in [2.24, 2.45) is 0 Å². The molecule has 0 radical (unpaired) electrons. The number of carbonyl (C=O) groups excluding carboxylic acids is 3. The van der Waals surface area contributed by atoms with E-state index in [4.69, 9.17) is 0 Å². The van der Waals surface area contributed by atoms with Crippen molar-refractivity contribution in [3.05, 3.63) is 64.7 Å². The molecule has 0 saturated heterocycles. The number of anilines is 1. The van der Waals surface area contributed by atoms with Crippen LogP contribution in [0.25, 0.3) is 0 Å². The van der Waals surface area contributed by atoms with Gasteiger partial charge in [0.1, 0.15) is 0 Å². The van der Waals surface area contributed by atoms with Crippen LogP contribution in [0.4, 0.5) is 5.69 Å². The summed E-state index contributed by atoms with van der Waals surface area (Å²) < 4.78 is 0. The lowest BCUT2D eigenvalue weighted by atomic mass is 9.83. The SMILES string of the molecule is CCCCC(=O)N(C)c1cccc2c1C(=O)c1ccccc1C2=O. The van der Waals surface area contributed by atoms with E-state index in [1.54, 1.807) is 49.5 Å². The summed E-state index contributed by atoms with van der Waals surface area (Å²) >= 11 is 0. The lowest BCUT2D eigenvalue weighted by Crippen LogP contribution is -2.30. The number of benzene rings is 2. The standard InChI is InChI=1S/C20H19NO3/c1-3-4-12-17(22)21(2)16-11-7-10-15-18(16)20(24)14-9-6-5-8-13(14)19(15)23/h5-11H,3-4,12H2,1-2H3. The van der Waals surface area contributed by atoms with Gasteiger partial charge in [0.05, 0.1) is 11.3 Å². The van der Waals surface area contributed by atoms with E-state index in [0.717, 1.165) is 12.8 Å². The van der Waals surface area contributed by atoms with Crippen molar-refractivity contribution in [1.29, 1.82) is 0 Å². The number of hydrogen-bond acceptors (Lipinski definition) is 3. The Labute approximate surface area is 141 Å². The Bertz CT molecular complexity index is 839. The molecule has 1 amide bonds. The number of fused-ring (bicyclic) bond motifs is 2. The van der Waals surface area contributed by atoms with Gasteiger partial charge in [-0.3, -0.25) is 14.4 Å². The average molecular weight is 321 g/mol. The van der Waals surface area contributed by atoms with Crippen LogP contribution in [-0.4, -0.2) is 24.5 Å². The van der Waals surface area contributed by atoms with Crippen LogP contribution in [0.15, 0.2) is 42.5 Å². The van der Waals surface area contributed by atoms with Crippen molar-refractivity contribution < 1.29 is 14.4 Å². The molecule has 2 aromatic rings. The number of carbonyl (C=O) groups is 3. The van der Waals surface area contributed by atoms with Crippen LogP contribution in [0.3, 0.4) is 0 Å². The predicted octanol–water partition coefficient (Wildman–Crippen LogP) is 3.62. The molecule has 0 aliphatic heterocycles. The molecule has 0 aromatic heterocycles. The van der Waals surface area contributed by atoms with Crippen LogP contribution in [0, 0.1) is 0 Å². The molecule has 0 unspecified atom stereocenters. The maximum atomic E-state index is 12.9. The molecular formula is C20H19NO3. The molecule has 4 nitrogen and oxygen atoms in total. The maximum absolute atomic E-state index is 12.9. The maximum Gasteiger partial charge on any atom is 0.226 e. The molecule has 4 heteroatoms.